The largest absolute Gasteiger partial charge is 0.439 e. The van der Waals surface area contributed by atoms with Crippen molar-refractivity contribution in [1.29, 1.82) is 0 Å². The van der Waals surface area contributed by atoms with Crippen molar-refractivity contribution in [1.82, 2.24) is 9.88 Å². The highest BCUT2D eigenvalue weighted by Gasteiger charge is 2.30. The highest BCUT2D eigenvalue weighted by Crippen LogP contribution is 2.30. The summed E-state index contributed by atoms with van der Waals surface area (Å²) in [5.41, 5.74) is 3.17. The maximum atomic E-state index is 5.86. The molecule has 3 aromatic rings. The summed E-state index contributed by atoms with van der Waals surface area (Å²) in [6, 6.07) is 19.3. The van der Waals surface area contributed by atoms with Crippen molar-refractivity contribution in [2.24, 2.45) is 0 Å². The van der Waals surface area contributed by atoms with Gasteiger partial charge in [0.1, 0.15) is 5.52 Å². The molecule has 0 spiro atoms. The van der Waals surface area contributed by atoms with E-state index < -0.39 is 0 Å². The van der Waals surface area contributed by atoms with Gasteiger partial charge in [0.2, 0.25) is 5.89 Å². The van der Waals surface area contributed by atoms with E-state index in [0.717, 1.165) is 30.1 Å². The number of aromatic nitrogens is 1. The Bertz CT molecular complexity index is 698. The summed E-state index contributed by atoms with van der Waals surface area (Å²) < 4.78 is 5.86. The van der Waals surface area contributed by atoms with E-state index in [9.17, 15) is 0 Å². The number of oxazole rings is 1. The Labute approximate surface area is 124 Å². The van der Waals surface area contributed by atoms with Gasteiger partial charge in [-0.3, -0.25) is 4.90 Å². The third kappa shape index (κ3) is 2.83. The zero-order valence-corrected chi connectivity index (χ0v) is 11.9. The highest BCUT2D eigenvalue weighted by molar-refractivity contribution is 5.72. The summed E-state index contributed by atoms with van der Waals surface area (Å²) >= 11 is 0. The van der Waals surface area contributed by atoms with Crippen LogP contribution < -0.4 is 0 Å². The van der Waals surface area contributed by atoms with E-state index >= 15 is 0 Å². The number of fused-ring (bicyclic) bond motifs is 1. The van der Waals surface area contributed by atoms with Crippen LogP contribution in [0.2, 0.25) is 0 Å². The molecule has 1 saturated carbocycles. The predicted octanol–water partition coefficient (Wildman–Crippen LogP) is 3.99. The van der Waals surface area contributed by atoms with Crippen LogP contribution in [0.1, 0.15) is 24.3 Å². The molecule has 4 rings (SSSR count). The summed E-state index contributed by atoms with van der Waals surface area (Å²) in [5, 5.41) is 0. The third-order valence-corrected chi connectivity index (χ3v) is 3.97. The Morgan fingerprint density at radius 2 is 1.71 bits per heavy atom. The van der Waals surface area contributed by atoms with E-state index in [1.165, 1.54) is 18.4 Å². The fourth-order valence-corrected chi connectivity index (χ4v) is 2.73. The van der Waals surface area contributed by atoms with Gasteiger partial charge in [-0.2, -0.15) is 0 Å². The topological polar surface area (TPSA) is 29.3 Å². The Morgan fingerprint density at radius 3 is 2.48 bits per heavy atom. The molecule has 0 radical (unpaired) electrons. The average molecular weight is 278 g/mol. The summed E-state index contributed by atoms with van der Waals surface area (Å²) in [5.74, 6) is 0.819. The van der Waals surface area contributed by atoms with E-state index in [0.29, 0.717) is 6.04 Å². The Hall–Kier alpha value is -2.13. The maximum Gasteiger partial charge on any atom is 0.209 e. The maximum absolute atomic E-state index is 5.86. The SMILES string of the molecule is c1ccc(CN(Cc2nc3ccccc3o2)C2CC2)cc1. The first-order valence-corrected chi connectivity index (χ1v) is 7.51. The molecule has 1 fully saturated rings. The summed E-state index contributed by atoms with van der Waals surface area (Å²) in [6.45, 7) is 1.75. The molecule has 0 amide bonds. The molecule has 1 aliphatic rings. The lowest BCUT2D eigenvalue weighted by molar-refractivity contribution is 0.223. The quantitative estimate of drug-likeness (QED) is 0.706. The van der Waals surface area contributed by atoms with Gasteiger partial charge in [0.25, 0.3) is 0 Å². The van der Waals surface area contributed by atoms with Crippen LogP contribution >= 0.6 is 0 Å². The Morgan fingerprint density at radius 1 is 0.952 bits per heavy atom. The van der Waals surface area contributed by atoms with Gasteiger partial charge in [0.15, 0.2) is 5.58 Å². The van der Waals surface area contributed by atoms with Crippen LogP contribution in [-0.4, -0.2) is 15.9 Å². The van der Waals surface area contributed by atoms with E-state index in [-0.39, 0.29) is 0 Å². The van der Waals surface area contributed by atoms with Crippen molar-refractivity contribution in [3.8, 4) is 0 Å². The second-order valence-corrected chi connectivity index (χ2v) is 5.70. The van der Waals surface area contributed by atoms with Gasteiger partial charge in [-0.15, -0.1) is 0 Å². The summed E-state index contributed by atoms with van der Waals surface area (Å²) in [7, 11) is 0. The van der Waals surface area contributed by atoms with Crippen LogP contribution in [0.15, 0.2) is 59.0 Å². The first-order chi connectivity index (χ1) is 10.4. The molecule has 1 aromatic heterocycles. The lowest BCUT2D eigenvalue weighted by Gasteiger charge is -2.20. The van der Waals surface area contributed by atoms with E-state index in [1.54, 1.807) is 0 Å². The third-order valence-electron chi connectivity index (χ3n) is 3.97. The van der Waals surface area contributed by atoms with Crippen molar-refractivity contribution < 1.29 is 4.42 Å². The molecule has 0 atom stereocenters. The first kappa shape index (κ1) is 12.6. The second kappa shape index (κ2) is 5.34. The van der Waals surface area contributed by atoms with Crippen LogP contribution in [0, 0.1) is 0 Å². The highest BCUT2D eigenvalue weighted by atomic mass is 16.3. The predicted molar refractivity (Wildman–Crippen MR) is 82.7 cm³/mol. The van der Waals surface area contributed by atoms with Gasteiger partial charge >= 0.3 is 0 Å². The molecule has 0 aliphatic heterocycles. The van der Waals surface area contributed by atoms with E-state index in [2.05, 4.69) is 40.2 Å². The lowest BCUT2D eigenvalue weighted by atomic mass is 10.2. The lowest BCUT2D eigenvalue weighted by Crippen LogP contribution is -2.25. The smallest absolute Gasteiger partial charge is 0.209 e. The molecule has 21 heavy (non-hydrogen) atoms. The molecular weight excluding hydrogens is 260 g/mol. The fourth-order valence-electron chi connectivity index (χ4n) is 2.73. The molecule has 0 N–H and O–H groups in total. The molecule has 2 aromatic carbocycles. The number of hydrogen-bond donors (Lipinski definition) is 0. The second-order valence-electron chi connectivity index (χ2n) is 5.70. The number of hydrogen-bond acceptors (Lipinski definition) is 3. The van der Waals surface area contributed by atoms with Crippen molar-refractivity contribution >= 4 is 11.1 Å². The van der Waals surface area contributed by atoms with Gasteiger partial charge in [0, 0.05) is 12.6 Å². The van der Waals surface area contributed by atoms with Crippen molar-refractivity contribution in [3.63, 3.8) is 0 Å². The molecule has 0 bridgehead atoms. The van der Waals surface area contributed by atoms with Gasteiger partial charge in [-0.25, -0.2) is 4.98 Å². The number of nitrogens with zero attached hydrogens (tertiary/aromatic N) is 2. The number of benzene rings is 2. The van der Waals surface area contributed by atoms with Crippen molar-refractivity contribution in [3.05, 3.63) is 66.1 Å². The van der Waals surface area contributed by atoms with Crippen molar-refractivity contribution in [2.75, 3.05) is 0 Å². The molecule has 1 heterocycles. The average Bonchev–Trinajstić information content (AvgIpc) is 3.28. The van der Waals surface area contributed by atoms with Crippen LogP contribution in [-0.2, 0) is 13.1 Å². The minimum Gasteiger partial charge on any atom is -0.439 e. The number of rotatable bonds is 5. The Kier molecular flexibility index (Phi) is 3.20. The monoisotopic (exact) mass is 278 g/mol. The fraction of sp³-hybridized carbons (Fsp3) is 0.278. The zero-order chi connectivity index (χ0) is 14.1. The molecular formula is C18H18N2O. The summed E-state index contributed by atoms with van der Waals surface area (Å²) in [6.07, 6.45) is 2.57. The molecule has 1 aliphatic carbocycles. The zero-order valence-electron chi connectivity index (χ0n) is 11.9. The van der Waals surface area contributed by atoms with Gasteiger partial charge in [0.05, 0.1) is 6.54 Å². The Balaban J connectivity index is 1.54. The first-order valence-electron chi connectivity index (χ1n) is 7.51. The van der Waals surface area contributed by atoms with Crippen LogP contribution in [0.25, 0.3) is 11.1 Å². The van der Waals surface area contributed by atoms with Crippen LogP contribution in [0.5, 0.6) is 0 Å². The molecule has 3 nitrogen and oxygen atoms in total. The summed E-state index contributed by atoms with van der Waals surface area (Å²) in [4.78, 5) is 7.07. The number of para-hydroxylation sites is 2. The van der Waals surface area contributed by atoms with Gasteiger partial charge in [-0.05, 0) is 30.5 Å². The van der Waals surface area contributed by atoms with Gasteiger partial charge < -0.3 is 4.42 Å². The van der Waals surface area contributed by atoms with Crippen LogP contribution in [0.4, 0.5) is 0 Å². The molecule has 3 heteroatoms. The van der Waals surface area contributed by atoms with Gasteiger partial charge in [-0.1, -0.05) is 42.5 Å². The minimum atomic E-state index is 0.681. The normalized spacial score (nSPS) is 14.9. The van der Waals surface area contributed by atoms with Crippen LogP contribution in [0.3, 0.4) is 0 Å². The van der Waals surface area contributed by atoms with E-state index in [4.69, 9.17) is 4.42 Å². The molecule has 0 saturated heterocycles. The molecule has 0 unspecified atom stereocenters. The standard InChI is InChI=1S/C18H18N2O/c1-2-6-14(7-3-1)12-20(15-10-11-15)13-18-19-16-8-4-5-9-17(16)21-18/h1-9,15H,10-13H2. The molecule has 106 valence electrons. The van der Waals surface area contributed by atoms with E-state index in [1.807, 2.05) is 24.3 Å². The minimum absolute atomic E-state index is 0.681. The van der Waals surface area contributed by atoms with Crippen molar-refractivity contribution in [2.45, 2.75) is 32.0 Å².